The largest absolute Gasteiger partial charge is 0.494 e. The molecule has 1 aromatic rings. The molecule has 0 bridgehead atoms. The molecule has 0 aliphatic rings. The standard InChI is InChI=1S/C10H16O2Si/c1-3-11-9-7-5-6-8-10(9)13-12-4-2/h5-8H,3-4,13H2,1-2H3. The van der Waals surface area contributed by atoms with Gasteiger partial charge in [0.1, 0.15) is 5.75 Å². The number of ether oxygens (including phenoxy) is 1. The third-order valence-electron chi connectivity index (χ3n) is 1.73. The number of rotatable bonds is 5. The van der Waals surface area contributed by atoms with Crippen LogP contribution in [0.15, 0.2) is 24.3 Å². The summed E-state index contributed by atoms with van der Waals surface area (Å²) in [7, 11) is -0.586. The van der Waals surface area contributed by atoms with Gasteiger partial charge in [-0.3, -0.25) is 0 Å². The van der Waals surface area contributed by atoms with Crippen molar-refractivity contribution in [2.24, 2.45) is 0 Å². The predicted octanol–water partition coefficient (Wildman–Crippen LogP) is 0.831. The molecule has 0 aliphatic carbocycles. The first-order valence-electron chi connectivity index (χ1n) is 4.67. The number of hydrogen-bond acceptors (Lipinski definition) is 2. The van der Waals surface area contributed by atoms with Crippen molar-refractivity contribution in [3.8, 4) is 5.75 Å². The molecule has 0 heterocycles. The van der Waals surface area contributed by atoms with Crippen LogP contribution in [-0.4, -0.2) is 23.0 Å². The van der Waals surface area contributed by atoms with Gasteiger partial charge in [0, 0.05) is 11.8 Å². The fourth-order valence-corrected chi connectivity index (χ4v) is 2.15. The second kappa shape index (κ2) is 5.78. The fourth-order valence-electron chi connectivity index (χ4n) is 1.13. The van der Waals surface area contributed by atoms with Gasteiger partial charge in [-0.1, -0.05) is 18.2 Å². The van der Waals surface area contributed by atoms with Gasteiger partial charge in [0.2, 0.25) is 0 Å². The molecule has 0 spiro atoms. The van der Waals surface area contributed by atoms with E-state index in [2.05, 4.69) is 6.07 Å². The Bertz CT molecular complexity index is 250. The molecule has 0 saturated carbocycles. The van der Waals surface area contributed by atoms with Crippen LogP contribution in [0.25, 0.3) is 0 Å². The van der Waals surface area contributed by atoms with E-state index in [9.17, 15) is 0 Å². The van der Waals surface area contributed by atoms with Gasteiger partial charge in [0.05, 0.1) is 6.61 Å². The molecule has 0 aromatic heterocycles. The highest BCUT2D eigenvalue weighted by Gasteiger charge is 2.01. The third kappa shape index (κ3) is 3.20. The molecule has 0 saturated heterocycles. The number of para-hydroxylation sites is 1. The minimum absolute atomic E-state index is 0.586. The van der Waals surface area contributed by atoms with Gasteiger partial charge in [-0.25, -0.2) is 0 Å². The summed E-state index contributed by atoms with van der Waals surface area (Å²) in [4.78, 5) is 0. The van der Waals surface area contributed by atoms with Crippen molar-refractivity contribution in [3.05, 3.63) is 24.3 Å². The Kier molecular flexibility index (Phi) is 4.57. The van der Waals surface area contributed by atoms with Crippen molar-refractivity contribution >= 4 is 14.9 Å². The summed E-state index contributed by atoms with van der Waals surface area (Å²) < 4.78 is 11.0. The van der Waals surface area contributed by atoms with Gasteiger partial charge in [-0.15, -0.1) is 0 Å². The van der Waals surface area contributed by atoms with Crippen LogP contribution < -0.4 is 9.92 Å². The second-order valence-electron chi connectivity index (χ2n) is 2.68. The average molecular weight is 196 g/mol. The molecule has 0 unspecified atom stereocenters. The molecular weight excluding hydrogens is 180 g/mol. The molecule has 72 valence electrons. The maximum atomic E-state index is 5.49. The molecule has 0 amide bonds. The van der Waals surface area contributed by atoms with Gasteiger partial charge < -0.3 is 9.16 Å². The zero-order chi connectivity index (χ0) is 9.52. The molecule has 2 nitrogen and oxygen atoms in total. The second-order valence-corrected chi connectivity index (χ2v) is 4.14. The molecule has 0 N–H and O–H groups in total. The molecular formula is C10H16O2Si. The smallest absolute Gasteiger partial charge is 0.196 e. The monoisotopic (exact) mass is 196 g/mol. The highest BCUT2D eigenvalue weighted by molar-refractivity contribution is 6.48. The van der Waals surface area contributed by atoms with Gasteiger partial charge in [-0.2, -0.15) is 0 Å². The Morgan fingerprint density at radius 3 is 2.62 bits per heavy atom. The maximum absolute atomic E-state index is 5.49. The van der Waals surface area contributed by atoms with Crippen LogP contribution >= 0.6 is 0 Å². The van der Waals surface area contributed by atoms with Crippen molar-refractivity contribution in [3.63, 3.8) is 0 Å². The minimum atomic E-state index is -0.586. The molecule has 13 heavy (non-hydrogen) atoms. The third-order valence-corrected chi connectivity index (χ3v) is 3.24. The summed E-state index contributed by atoms with van der Waals surface area (Å²) in [5, 5.41) is 1.26. The predicted molar refractivity (Wildman–Crippen MR) is 57.4 cm³/mol. The van der Waals surface area contributed by atoms with Crippen LogP contribution in [0.5, 0.6) is 5.75 Å². The zero-order valence-electron chi connectivity index (χ0n) is 8.25. The normalized spacial score (nSPS) is 10.9. The Hall–Kier alpha value is -0.803. The highest BCUT2D eigenvalue weighted by Crippen LogP contribution is 2.05. The quantitative estimate of drug-likeness (QED) is 0.650. The lowest BCUT2D eigenvalue weighted by atomic mass is 10.3. The molecule has 1 rings (SSSR count). The molecule has 3 heteroatoms. The van der Waals surface area contributed by atoms with Gasteiger partial charge in [-0.05, 0) is 19.9 Å². The van der Waals surface area contributed by atoms with E-state index in [0.717, 1.165) is 19.0 Å². The Labute approximate surface area is 81.8 Å². The van der Waals surface area contributed by atoms with Crippen molar-refractivity contribution in [1.29, 1.82) is 0 Å². The lowest BCUT2D eigenvalue weighted by molar-refractivity contribution is 0.339. The van der Waals surface area contributed by atoms with E-state index in [1.54, 1.807) is 0 Å². The lowest BCUT2D eigenvalue weighted by Crippen LogP contribution is -2.20. The molecule has 0 radical (unpaired) electrons. The molecule has 0 fully saturated rings. The first-order valence-corrected chi connectivity index (χ1v) is 5.95. The van der Waals surface area contributed by atoms with Crippen molar-refractivity contribution < 1.29 is 9.16 Å². The summed E-state index contributed by atoms with van der Waals surface area (Å²) in [6, 6.07) is 8.12. The fraction of sp³-hybridized carbons (Fsp3) is 0.400. The van der Waals surface area contributed by atoms with E-state index in [0.29, 0.717) is 0 Å². The van der Waals surface area contributed by atoms with Crippen LogP contribution in [0, 0.1) is 0 Å². The Morgan fingerprint density at radius 1 is 1.15 bits per heavy atom. The topological polar surface area (TPSA) is 18.5 Å². The molecule has 0 aliphatic heterocycles. The van der Waals surface area contributed by atoms with E-state index < -0.39 is 9.76 Å². The first kappa shape index (κ1) is 10.3. The number of hydrogen-bond donors (Lipinski definition) is 0. The van der Waals surface area contributed by atoms with Crippen molar-refractivity contribution in [2.45, 2.75) is 13.8 Å². The van der Waals surface area contributed by atoms with Gasteiger partial charge in [0.25, 0.3) is 0 Å². The van der Waals surface area contributed by atoms with Crippen molar-refractivity contribution in [2.75, 3.05) is 13.2 Å². The maximum Gasteiger partial charge on any atom is 0.196 e. The van der Waals surface area contributed by atoms with E-state index in [-0.39, 0.29) is 0 Å². The van der Waals surface area contributed by atoms with Gasteiger partial charge in [0.15, 0.2) is 9.76 Å². The summed E-state index contributed by atoms with van der Waals surface area (Å²) in [5.74, 6) is 0.991. The lowest BCUT2D eigenvalue weighted by Gasteiger charge is -2.08. The minimum Gasteiger partial charge on any atom is -0.494 e. The first-order chi connectivity index (χ1) is 6.38. The summed E-state index contributed by atoms with van der Waals surface area (Å²) in [6.45, 7) is 5.54. The molecule has 1 aromatic carbocycles. The van der Waals surface area contributed by atoms with Crippen LogP contribution in [0.4, 0.5) is 0 Å². The summed E-state index contributed by atoms with van der Waals surface area (Å²) in [5.41, 5.74) is 0. The highest BCUT2D eigenvalue weighted by atomic mass is 28.2. The van der Waals surface area contributed by atoms with Crippen LogP contribution in [0.2, 0.25) is 0 Å². The Morgan fingerprint density at radius 2 is 1.92 bits per heavy atom. The molecule has 0 atom stereocenters. The average Bonchev–Trinajstić information content (AvgIpc) is 2.17. The summed E-state index contributed by atoms with van der Waals surface area (Å²) in [6.07, 6.45) is 0. The zero-order valence-corrected chi connectivity index (χ0v) is 9.66. The van der Waals surface area contributed by atoms with Crippen LogP contribution in [0.1, 0.15) is 13.8 Å². The van der Waals surface area contributed by atoms with Crippen molar-refractivity contribution in [1.82, 2.24) is 0 Å². The Balaban J connectivity index is 2.66. The van der Waals surface area contributed by atoms with Crippen LogP contribution in [-0.2, 0) is 4.43 Å². The van der Waals surface area contributed by atoms with Crippen LogP contribution in [0.3, 0.4) is 0 Å². The number of benzene rings is 1. The SMILES string of the molecule is CCO[SiH2]c1ccccc1OCC. The summed E-state index contributed by atoms with van der Waals surface area (Å²) >= 11 is 0. The van der Waals surface area contributed by atoms with E-state index in [1.807, 2.05) is 32.0 Å². The van der Waals surface area contributed by atoms with E-state index in [4.69, 9.17) is 9.16 Å². The van der Waals surface area contributed by atoms with E-state index >= 15 is 0 Å². The van der Waals surface area contributed by atoms with E-state index in [1.165, 1.54) is 5.19 Å². The van der Waals surface area contributed by atoms with Gasteiger partial charge >= 0.3 is 0 Å².